The number of ether oxygens (including phenoxy) is 1. The Balaban J connectivity index is 1.77. The van der Waals surface area contributed by atoms with Crippen LogP contribution in [0.2, 0.25) is 5.02 Å². The Morgan fingerprint density at radius 2 is 2.28 bits per heavy atom. The van der Waals surface area contributed by atoms with Gasteiger partial charge in [0.2, 0.25) is 0 Å². The number of likely N-dealkylation sites (tertiary alicyclic amines) is 1. The Bertz CT molecular complexity index is 364. The molecule has 0 saturated carbocycles. The van der Waals surface area contributed by atoms with E-state index in [1.54, 1.807) is 13.3 Å². The summed E-state index contributed by atoms with van der Waals surface area (Å²) in [5.41, 5.74) is 0. The van der Waals surface area contributed by atoms with Crippen LogP contribution in [0.5, 0.6) is 0 Å². The second kappa shape index (κ2) is 6.52. The molecule has 18 heavy (non-hydrogen) atoms. The zero-order valence-electron chi connectivity index (χ0n) is 10.6. The largest absolute Gasteiger partial charge is 0.389 e. The molecule has 1 saturated heterocycles. The van der Waals surface area contributed by atoms with Crippen molar-refractivity contribution in [3.63, 3.8) is 0 Å². The van der Waals surface area contributed by atoms with Gasteiger partial charge in [0, 0.05) is 32.9 Å². The molecular weight excluding hydrogens is 254 g/mol. The van der Waals surface area contributed by atoms with Gasteiger partial charge in [0.25, 0.3) is 0 Å². The summed E-state index contributed by atoms with van der Waals surface area (Å²) in [5, 5.41) is 14.6. The van der Waals surface area contributed by atoms with Crippen LogP contribution in [-0.4, -0.2) is 59.2 Å². The Hall–Kier alpha value is -0.620. The molecule has 5 nitrogen and oxygen atoms in total. The molecule has 1 atom stereocenters. The standard InChI is InChI=1S/C12H20ClN3O2/c1-18-9-12(17)8-15-4-2-11(3-5-15)16-7-10(13)6-14-16/h6-7,11-12,17H,2-5,8-9H2,1H3. The maximum absolute atomic E-state index is 9.69. The molecular formula is C12H20ClN3O2. The maximum atomic E-state index is 9.69. The van der Waals surface area contributed by atoms with Gasteiger partial charge < -0.3 is 14.7 Å². The Labute approximate surface area is 112 Å². The summed E-state index contributed by atoms with van der Waals surface area (Å²) in [6.45, 7) is 3.03. The van der Waals surface area contributed by atoms with Crippen LogP contribution in [0.1, 0.15) is 18.9 Å². The minimum atomic E-state index is -0.398. The molecule has 0 aromatic carbocycles. The highest BCUT2D eigenvalue weighted by Crippen LogP contribution is 2.23. The van der Waals surface area contributed by atoms with Crippen molar-refractivity contribution in [3.05, 3.63) is 17.4 Å². The van der Waals surface area contributed by atoms with E-state index >= 15 is 0 Å². The SMILES string of the molecule is COCC(O)CN1CCC(n2cc(Cl)cn2)CC1. The van der Waals surface area contributed by atoms with Crippen molar-refractivity contribution in [2.75, 3.05) is 33.4 Å². The minimum absolute atomic E-state index is 0.398. The van der Waals surface area contributed by atoms with E-state index in [9.17, 15) is 5.11 Å². The van der Waals surface area contributed by atoms with Crippen LogP contribution < -0.4 is 0 Å². The van der Waals surface area contributed by atoms with Crippen LogP contribution in [0.4, 0.5) is 0 Å². The van der Waals surface area contributed by atoms with E-state index in [-0.39, 0.29) is 0 Å². The summed E-state index contributed by atoms with van der Waals surface area (Å²) in [7, 11) is 1.61. The molecule has 6 heteroatoms. The zero-order chi connectivity index (χ0) is 13.0. The summed E-state index contributed by atoms with van der Waals surface area (Å²) >= 11 is 5.87. The number of rotatable bonds is 5. The third kappa shape index (κ3) is 3.68. The fourth-order valence-corrected chi connectivity index (χ4v) is 2.57. The second-order valence-corrected chi connectivity index (χ2v) is 5.22. The van der Waals surface area contributed by atoms with Crippen molar-refractivity contribution in [3.8, 4) is 0 Å². The van der Waals surface area contributed by atoms with E-state index in [2.05, 4.69) is 10.00 Å². The number of halogens is 1. The van der Waals surface area contributed by atoms with Gasteiger partial charge in [0.1, 0.15) is 0 Å². The lowest BCUT2D eigenvalue weighted by atomic mass is 10.1. The molecule has 0 aliphatic carbocycles. The lowest BCUT2D eigenvalue weighted by Gasteiger charge is -2.33. The molecule has 1 aliphatic heterocycles. The smallest absolute Gasteiger partial charge is 0.0900 e. The molecule has 1 aliphatic rings. The van der Waals surface area contributed by atoms with Gasteiger partial charge in [-0.05, 0) is 12.8 Å². The first-order chi connectivity index (χ1) is 8.69. The van der Waals surface area contributed by atoms with Gasteiger partial charge in [0.05, 0.1) is 30.0 Å². The Morgan fingerprint density at radius 3 is 2.83 bits per heavy atom. The summed E-state index contributed by atoms with van der Waals surface area (Å²) in [6, 6.07) is 0.424. The van der Waals surface area contributed by atoms with E-state index in [0.29, 0.717) is 24.2 Å². The summed E-state index contributed by atoms with van der Waals surface area (Å²) < 4.78 is 6.88. The first-order valence-electron chi connectivity index (χ1n) is 6.28. The van der Waals surface area contributed by atoms with Crippen LogP contribution in [0.15, 0.2) is 12.4 Å². The topological polar surface area (TPSA) is 50.5 Å². The summed E-state index contributed by atoms with van der Waals surface area (Å²) in [4.78, 5) is 2.27. The van der Waals surface area contributed by atoms with Gasteiger partial charge >= 0.3 is 0 Å². The molecule has 0 bridgehead atoms. The van der Waals surface area contributed by atoms with Crippen molar-refractivity contribution in [2.45, 2.75) is 25.0 Å². The molecule has 1 N–H and O–H groups in total. The Morgan fingerprint density at radius 1 is 1.56 bits per heavy atom. The van der Waals surface area contributed by atoms with Gasteiger partial charge in [0.15, 0.2) is 0 Å². The molecule has 1 unspecified atom stereocenters. The van der Waals surface area contributed by atoms with Crippen LogP contribution in [0, 0.1) is 0 Å². The molecule has 1 aromatic rings. The normalized spacial score (nSPS) is 20.2. The summed E-state index contributed by atoms with van der Waals surface area (Å²) in [5.74, 6) is 0. The van der Waals surface area contributed by atoms with Gasteiger partial charge in [-0.1, -0.05) is 11.6 Å². The molecule has 2 heterocycles. The van der Waals surface area contributed by atoms with Gasteiger partial charge in [-0.3, -0.25) is 4.68 Å². The van der Waals surface area contributed by atoms with Crippen LogP contribution in [-0.2, 0) is 4.74 Å². The van der Waals surface area contributed by atoms with Gasteiger partial charge in [-0.15, -0.1) is 0 Å². The number of aromatic nitrogens is 2. The lowest BCUT2D eigenvalue weighted by Crippen LogP contribution is -2.40. The van der Waals surface area contributed by atoms with Gasteiger partial charge in [-0.2, -0.15) is 5.10 Å². The van der Waals surface area contributed by atoms with E-state index in [0.717, 1.165) is 25.9 Å². The van der Waals surface area contributed by atoms with E-state index < -0.39 is 6.10 Å². The van der Waals surface area contributed by atoms with Crippen molar-refractivity contribution in [1.82, 2.24) is 14.7 Å². The molecule has 0 radical (unpaired) electrons. The quantitative estimate of drug-likeness (QED) is 0.875. The highest BCUT2D eigenvalue weighted by atomic mass is 35.5. The monoisotopic (exact) mass is 273 g/mol. The number of piperidine rings is 1. The third-order valence-corrected chi connectivity index (χ3v) is 3.52. The fourth-order valence-electron chi connectivity index (χ4n) is 2.42. The number of nitrogens with zero attached hydrogens (tertiary/aromatic N) is 3. The maximum Gasteiger partial charge on any atom is 0.0900 e. The minimum Gasteiger partial charge on any atom is -0.389 e. The van der Waals surface area contributed by atoms with Crippen LogP contribution in [0.25, 0.3) is 0 Å². The highest BCUT2D eigenvalue weighted by molar-refractivity contribution is 6.30. The lowest BCUT2D eigenvalue weighted by molar-refractivity contribution is 0.0293. The number of methoxy groups -OCH3 is 1. The van der Waals surface area contributed by atoms with Crippen LogP contribution >= 0.6 is 11.6 Å². The predicted octanol–water partition coefficient (Wildman–Crippen LogP) is 1.18. The van der Waals surface area contributed by atoms with E-state index in [4.69, 9.17) is 16.3 Å². The van der Waals surface area contributed by atoms with Crippen LogP contribution in [0.3, 0.4) is 0 Å². The fraction of sp³-hybridized carbons (Fsp3) is 0.750. The van der Waals surface area contributed by atoms with Crippen molar-refractivity contribution >= 4 is 11.6 Å². The second-order valence-electron chi connectivity index (χ2n) is 4.78. The number of aliphatic hydroxyl groups excluding tert-OH is 1. The van der Waals surface area contributed by atoms with Crippen molar-refractivity contribution in [1.29, 1.82) is 0 Å². The Kier molecular flexibility index (Phi) is 5.00. The molecule has 2 rings (SSSR count). The average Bonchev–Trinajstić information content (AvgIpc) is 2.77. The predicted molar refractivity (Wildman–Crippen MR) is 69.8 cm³/mol. The molecule has 0 spiro atoms. The number of hydrogen-bond donors (Lipinski definition) is 1. The van der Waals surface area contributed by atoms with E-state index in [1.165, 1.54) is 0 Å². The number of hydrogen-bond acceptors (Lipinski definition) is 4. The number of aliphatic hydroxyl groups is 1. The highest BCUT2D eigenvalue weighted by Gasteiger charge is 2.22. The molecule has 1 aromatic heterocycles. The molecule has 102 valence electrons. The van der Waals surface area contributed by atoms with Gasteiger partial charge in [-0.25, -0.2) is 0 Å². The van der Waals surface area contributed by atoms with E-state index in [1.807, 2.05) is 10.9 Å². The molecule has 1 fully saturated rings. The average molecular weight is 274 g/mol. The summed E-state index contributed by atoms with van der Waals surface area (Å²) in [6.07, 6.45) is 5.23. The first-order valence-corrected chi connectivity index (χ1v) is 6.66. The third-order valence-electron chi connectivity index (χ3n) is 3.33. The first kappa shape index (κ1) is 13.8. The zero-order valence-corrected chi connectivity index (χ0v) is 11.4. The molecule has 0 amide bonds. The number of β-amino-alcohol motifs (C(OH)–C–C–N with tert-alkyl or cyclic N) is 1. The van der Waals surface area contributed by atoms with Crippen molar-refractivity contribution in [2.24, 2.45) is 0 Å². The van der Waals surface area contributed by atoms with Crippen molar-refractivity contribution < 1.29 is 9.84 Å².